The van der Waals surface area contributed by atoms with Gasteiger partial charge in [0.2, 0.25) is 0 Å². The van der Waals surface area contributed by atoms with Crippen molar-refractivity contribution < 1.29 is 22.3 Å². The molecule has 0 amide bonds. The van der Waals surface area contributed by atoms with Gasteiger partial charge in [0.1, 0.15) is 17.5 Å². The van der Waals surface area contributed by atoms with E-state index < -0.39 is 12.5 Å². The third kappa shape index (κ3) is 3.89. The molecule has 0 fully saturated rings. The number of rotatable bonds is 5. The number of hydrogen-bond donors (Lipinski definition) is 1. The number of ether oxygens (including phenoxy) is 1. The fourth-order valence-corrected chi connectivity index (χ4v) is 2.51. The molecule has 9 heteroatoms. The SMILES string of the molecule is Cc1cc(-c2ccc(OC(F)(F)C(F)F)cc2)cc(-c2nn[nH]c2C#N)c1. The van der Waals surface area contributed by atoms with E-state index in [-0.39, 0.29) is 11.4 Å². The second-order valence-corrected chi connectivity index (χ2v) is 5.72. The molecule has 0 unspecified atom stereocenters. The standard InChI is InChI=1S/C18H12F4N4O/c1-10-6-12(8-13(7-10)16-15(9-23)24-26-25-16)11-2-4-14(5-3-11)27-18(21,22)17(19)20/h2-8,17H,1H3,(H,24,25,26). The van der Waals surface area contributed by atoms with Gasteiger partial charge in [0.25, 0.3) is 0 Å². The summed E-state index contributed by atoms with van der Waals surface area (Å²) in [6, 6.07) is 12.7. The molecule has 27 heavy (non-hydrogen) atoms. The molecule has 0 bridgehead atoms. The van der Waals surface area contributed by atoms with E-state index in [0.717, 1.165) is 11.1 Å². The minimum Gasteiger partial charge on any atom is -0.428 e. The minimum absolute atomic E-state index is 0.213. The average Bonchev–Trinajstić information content (AvgIpc) is 3.10. The summed E-state index contributed by atoms with van der Waals surface area (Å²) in [5, 5.41) is 19.1. The Kier molecular flexibility index (Phi) is 4.81. The summed E-state index contributed by atoms with van der Waals surface area (Å²) in [7, 11) is 0. The Morgan fingerprint density at radius 2 is 1.74 bits per heavy atom. The van der Waals surface area contributed by atoms with Crippen LogP contribution in [0.25, 0.3) is 22.4 Å². The molecule has 0 aliphatic heterocycles. The van der Waals surface area contributed by atoms with Crippen molar-refractivity contribution in [2.75, 3.05) is 0 Å². The summed E-state index contributed by atoms with van der Waals surface area (Å²) in [5.41, 5.74) is 3.50. The molecule has 0 atom stereocenters. The van der Waals surface area contributed by atoms with Crippen LogP contribution < -0.4 is 4.74 Å². The van der Waals surface area contributed by atoms with Gasteiger partial charge in [-0.05, 0) is 47.9 Å². The molecule has 3 rings (SSSR count). The van der Waals surface area contributed by atoms with E-state index in [1.165, 1.54) is 24.3 Å². The van der Waals surface area contributed by atoms with Gasteiger partial charge in [0.15, 0.2) is 5.69 Å². The van der Waals surface area contributed by atoms with Crippen LogP contribution in [-0.2, 0) is 0 Å². The smallest absolute Gasteiger partial charge is 0.428 e. The van der Waals surface area contributed by atoms with Gasteiger partial charge >= 0.3 is 12.5 Å². The third-order valence-corrected chi connectivity index (χ3v) is 3.71. The van der Waals surface area contributed by atoms with E-state index in [1.807, 2.05) is 25.1 Å². The number of aromatic nitrogens is 3. The zero-order valence-electron chi connectivity index (χ0n) is 13.9. The van der Waals surface area contributed by atoms with Gasteiger partial charge in [-0.3, -0.25) is 0 Å². The van der Waals surface area contributed by atoms with Gasteiger partial charge in [-0.25, -0.2) is 5.10 Å². The van der Waals surface area contributed by atoms with E-state index in [2.05, 4.69) is 20.1 Å². The van der Waals surface area contributed by atoms with Gasteiger partial charge < -0.3 is 4.74 Å². The normalized spacial score (nSPS) is 11.4. The molecular formula is C18H12F4N4O. The lowest BCUT2D eigenvalue weighted by atomic mass is 9.98. The van der Waals surface area contributed by atoms with E-state index in [1.54, 1.807) is 6.07 Å². The van der Waals surface area contributed by atoms with E-state index >= 15 is 0 Å². The Morgan fingerprint density at radius 3 is 2.37 bits per heavy atom. The van der Waals surface area contributed by atoms with Crippen LogP contribution >= 0.6 is 0 Å². The number of H-pyrrole nitrogens is 1. The number of alkyl halides is 4. The van der Waals surface area contributed by atoms with Crippen molar-refractivity contribution in [2.24, 2.45) is 0 Å². The summed E-state index contributed by atoms with van der Waals surface area (Å²) >= 11 is 0. The molecule has 0 aliphatic carbocycles. The second-order valence-electron chi connectivity index (χ2n) is 5.72. The average molecular weight is 376 g/mol. The Labute approximate surface area is 151 Å². The lowest BCUT2D eigenvalue weighted by molar-refractivity contribution is -0.253. The molecule has 0 saturated carbocycles. The van der Waals surface area contributed by atoms with Crippen LogP contribution in [0.2, 0.25) is 0 Å². The predicted molar refractivity (Wildman–Crippen MR) is 88.3 cm³/mol. The Balaban J connectivity index is 1.92. The Bertz CT molecular complexity index is 993. The fourth-order valence-electron chi connectivity index (χ4n) is 2.51. The van der Waals surface area contributed by atoms with Crippen LogP contribution in [0.5, 0.6) is 5.75 Å². The van der Waals surface area contributed by atoms with Gasteiger partial charge in [-0.15, -0.1) is 5.10 Å². The van der Waals surface area contributed by atoms with E-state index in [4.69, 9.17) is 5.26 Å². The minimum atomic E-state index is -4.56. The molecule has 0 aliphatic rings. The Morgan fingerprint density at radius 1 is 1.07 bits per heavy atom. The molecule has 5 nitrogen and oxygen atoms in total. The van der Waals surface area contributed by atoms with E-state index in [0.29, 0.717) is 16.8 Å². The fraction of sp³-hybridized carbons (Fsp3) is 0.167. The topological polar surface area (TPSA) is 74.6 Å². The maximum atomic E-state index is 13.0. The Hall–Kier alpha value is -3.41. The molecule has 0 spiro atoms. The first kappa shape index (κ1) is 18.4. The first-order valence-electron chi connectivity index (χ1n) is 7.69. The highest BCUT2D eigenvalue weighted by Gasteiger charge is 2.43. The zero-order valence-corrected chi connectivity index (χ0v) is 13.9. The molecule has 3 aromatic rings. The van der Waals surface area contributed by atoms with Crippen LogP contribution in [0.4, 0.5) is 17.6 Å². The third-order valence-electron chi connectivity index (χ3n) is 3.71. The number of nitrogens with zero attached hydrogens (tertiary/aromatic N) is 3. The maximum Gasteiger partial charge on any atom is 0.461 e. The molecule has 0 saturated heterocycles. The maximum absolute atomic E-state index is 13.0. The molecule has 138 valence electrons. The summed E-state index contributed by atoms with van der Waals surface area (Å²) < 4.78 is 54.4. The zero-order chi connectivity index (χ0) is 19.6. The molecule has 2 aromatic carbocycles. The van der Waals surface area contributed by atoms with Crippen molar-refractivity contribution in [1.82, 2.24) is 15.4 Å². The summed E-state index contributed by atoms with van der Waals surface area (Å²) in [4.78, 5) is 0. The van der Waals surface area contributed by atoms with Crippen LogP contribution in [0, 0.1) is 18.3 Å². The summed E-state index contributed by atoms with van der Waals surface area (Å²) in [5.74, 6) is -0.375. The first-order valence-corrected chi connectivity index (χ1v) is 7.69. The number of benzene rings is 2. The first-order chi connectivity index (χ1) is 12.8. The van der Waals surface area contributed by atoms with Crippen LogP contribution in [0.15, 0.2) is 42.5 Å². The highest BCUT2D eigenvalue weighted by Crippen LogP contribution is 2.31. The van der Waals surface area contributed by atoms with Crippen molar-refractivity contribution in [3.8, 4) is 34.2 Å². The number of nitriles is 1. The highest BCUT2D eigenvalue weighted by atomic mass is 19.3. The number of aromatic amines is 1. The molecule has 1 heterocycles. The molecule has 1 N–H and O–H groups in total. The van der Waals surface area contributed by atoms with Gasteiger partial charge in [0.05, 0.1) is 0 Å². The van der Waals surface area contributed by atoms with E-state index in [9.17, 15) is 17.6 Å². The molecule has 0 radical (unpaired) electrons. The monoisotopic (exact) mass is 376 g/mol. The second kappa shape index (κ2) is 7.07. The largest absolute Gasteiger partial charge is 0.461 e. The lowest BCUT2D eigenvalue weighted by Crippen LogP contribution is -2.33. The van der Waals surface area contributed by atoms with Gasteiger partial charge in [-0.2, -0.15) is 22.8 Å². The van der Waals surface area contributed by atoms with Crippen LogP contribution in [-0.4, -0.2) is 27.9 Å². The van der Waals surface area contributed by atoms with Crippen molar-refractivity contribution in [2.45, 2.75) is 19.5 Å². The van der Waals surface area contributed by atoms with Crippen molar-refractivity contribution in [1.29, 1.82) is 5.26 Å². The van der Waals surface area contributed by atoms with Crippen LogP contribution in [0.3, 0.4) is 0 Å². The quantitative estimate of drug-likeness (QED) is 0.663. The molecule has 1 aromatic heterocycles. The van der Waals surface area contributed by atoms with Gasteiger partial charge in [0, 0.05) is 5.56 Å². The predicted octanol–water partition coefficient (Wildman–Crippen LogP) is 4.56. The number of nitrogens with one attached hydrogen (secondary N) is 1. The number of halogens is 4. The lowest BCUT2D eigenvalue weighted by Gasteiger charge is -2.17. The van der Waals surface area contributed by atoms with Crippen molar-refractivity contribution >= 4 is 0 Å². The summed E-state index contributed by atoms with van der Waals surface area (Å²) in [6.45, 7) is 1.85. The van der Waals surface area contributed by atoms with Crippen LogP contribution in [0.1, 0.15) is 11.3 Å². The number of hydrogen-bond acceptors (Lipinski definition) is 4. The highest BCUT2D eigenvalue weighted by molar-refractivity contribution is 5.74. The summed E-state index contributed by atoms with van der Waals surface area (Å²) in [6.07, 6.45) is -8.48. The van der Waals surface area contributed by atoms with Gasteiger partial charge in [-0.1, -0.05) is 23.4 Å². The van der Waals surface area contributed by atoms with Crippen molar-refractivity contribution in [3.63, 3.8) is 0 Å². The number of aryl methyl sites for hydroxylation is 1. The van der Waals surface area contributed by atoms with Crippen molar-refractivity contribution in [3.05, 3.63) is 53.7 Å². The molecular weight excluding hydrogens is 364 g/mol.